The summed E-state index contributed by atoms with van der Waals surface area (Å²) in [5.74, 6) is 0.0930. The molecule has 0 aliphatic carbocycles. The van der Waals surface area contributed by atoms with Crippen LogP contribution in [-0.2, 0) is 16.2 Å². The van der Waals surface area contributed by atoms with Crippen molar-refractivity contribution in [3.05, 3.63) is 59.7 Å². The molecular weight excluding hydrogens is 377 g/mol. The number of oxime groups is 1. The van der Waals surface area contributed by atoms with Crippen LogP contribution in [0.25, 0.3) is 0 Å². The van der Waals surface area contributed by atoms with E-state index in [0.29, 0.717) is 23.7 Å². The van der Waals surface area contributed by atoms with Gasteiger partial charge in [0, 0.05) is 5.56 Å². The van der Waals surface area contributed by atoms with E-state index in [9.17, 15) is 18.0 Å². The first-order valence-electron chi connectivity index (χ1n) is 8.21. The average molecular weight is 396 g/mol. The van der Waals surface area contributed by atoms with Crippen molar-refractivity contribution in [3.63, 3.8) is 0 Å². The van der Waals surface area contributed by atoms with Gasteiger partial charge in [0.1, 0.15) is 13.2 Å². The van der Waals surface area contributed by atoms with Gasteiger partial charge in [-0.25, -0.2) is 0 Å². The fraction of sp³-hybridized carbons (Fsp3) is 0.263. The first-order valence-corrected chi connectivity index (χ1v) is 8.21. The van der Waals surface area contributed by atoms with Gasteiger partial charge in [0.15, 0.2) is 18.1 Å². The van der Waals surface area contributed by atoms with E-state index in [1.54, 1.807) is 23.5 Å². The monoisotopic (exact) mass is 396 g/mol. The predicted molar refractivity (Wildman–Crippen MR) is 96.4 cm³/mol. The number of ether oxygens (including phenoxy) is 2. The van der Waals surface area contributed by atoms with Crippen LogP contribution in [0.2, 0.25) is 0 Å². The van der Waals surface area contributed by atoms with E-state index < -0.39 is 25.2 Å². The quantitative estimate of drug-likeness (QED) is 0.522. The normalized spacial score (nSPS) is 11.3. The van der Waals surface area contributed by atoms with Crippen molar-refractivity contribution in [2.75, 3.05) is 20.3 Å². The maximum atomic E-state index is 12.0. The van der Waals surface area contributed by atoms with Crippen molar-refractivity contribution in [3.8, 4) is 11.5 Å². The Bertz CT molecular complexity index is 796. The Kier molecular flexibility index (Phi) is 7.67. The van der Waals surface area contributed by atoms with E-state index in [2.05, 4.69) is 5.16 Å². The molecular formula is C19H19F3N2O4. The zero-order valence-corrected chi connectivity index (χ0v) is 15.0. The van der Waals surface area contributed by atoms with Gasteiger partial charge in [-0.15, -0.1) is 0 Å². The summed E-state index contributed by atoms with van der Waals surface area (Å²) in [7, 11) is 1.49. The third-order valence-corrected chi connectivity index (χ3v) is 3.38. The summed E-state index contributed by atoms with van der Waals surface area (Å²) in [6, 6.07) is 14.7. The topological polar surface area (TPSA) is 69.2 Å². The van der Waals surface area contributed by atoms with E-state index >= 15 is 0 Å². The number of methoxy groups -OCH3 is 1. The van der Waals surface area contributed by atoms with Gasteiger partial charge in [0.25, 0.3) is 5.91 Å². The first-order chi connectivity index (χ1) is 13.4. The molecule has 0 aliphatic heterocycles. The third kappa shape index (κ3) is 7.56. The Morgan fingerprint density at radius 2 is 1.89 bits per heavy atom. The van der Waals surface area contributed by atoms with Crippen molar-refractivity contribution in [1.29, 1.82) is 0 Å². The van der Waals surface area contributed by atoms with Crippen LogP contribution in [0.3, 0.4) is 0 Å². The number of amides is 1. The Balaban J connectivity index is 1.85. The molecule has 9 heteroatoms. The number of hydrogen-bond acceptors (Lipinski definition) is 5. The smallest absolute Gasteiger partial charge is 0.405 e. The molecule has 28 heavy (non-hydrogen) atoms. The summed E-state index contributed by atoms with van der Waals surface area (Å²) in [5, 5.41) is 5.24. The molecule has 1 amide bonds. The molecule has 0 saturated heterocycles. The molecule has 2 rings (SSSR count). The zero-order valence-electron chi connectivity index (χ0n) is 15.0. The lowest BCUT2D eigenvalue weighted by atomic mass is 10.2. The third-order valence-electron chi connectivity index (χ3n) is 3.38. The van der Waals surface area contributed by atoms with Gasteiger partial charge in [-0.2, -0.15) is 13.2 Å². The number of rotatable bonds is 9. The summed E-state index contributed by atoms with van der Waals surface area (Å²) >= 11 is 0. The lowest BCUT2D eigenvalue weighted by Crippen LogP contribution is -2.35. The summed E-state index contributed by atoms with van der Waals surface area (Å²) in [6.45, 7) is -1.66. The first kappa shape index (κ1) is 21.1. The van der Waals surface area contributed by atoms with Crippen LogP contribution < -0.4 is 14.8 Å². The fourth-order valence-corrected chi connectivity index (χ4v) is 2.06. The van der Waals surface area contributed by atoms with Crippen LogP contribution in [0.1, 0.15) is 11.1 Å². The molecule has 0 fully saturated rings. The van der Waals surface area contributed by atoms with Gasteiger partial charge in [0.05, 0.1) is 13.3 Å². The van der Waals surface area contributed by atoms with Crippen LogP contribution >= 0.6 is 0 Å². The highest BCUT2D eigenvalue weighted by atomic mass is 19.4. The SMILES string of the molecule is COc1cc(/C=N/OCC(=O)NCC(F)(F)F)ccc1OCc1ccccc1. The van der Waals surface area contributed by atoms with Crippen molar-refractivity contribution >= 4 is 12.1 Å². The largest absolute Gasteiger partial charge is 0.493 e. The number of nitrogens with zero attached hydrogens (tertiary/aromatic N) is 1. The number of benzene rings is 2. The summed E-state index contributed by atoms with van der Waals surface area (Å²) in [6.07, 6.45) is -3.17. The molecule has 1 N–H and O–H groups in total. The molecule has 0 radical (unpaired) electrons. The number of nitrogens with one attached hydrogen (secondary N) is 1. The number of halogens is 3. The van der Waals surface area contributed by atoms with Gasteiger partial charge in [0.2, 0.25) is 0 Å². The second-order valence-corrected chi connectivity index (χ2v) is 5.58. The molecule has 0 aliphatic rings. The fourth-order valence-electron chi connectivity index (χ4n) is 2.06. The van der Waals surface area contributed by atoms with Gasteiger partial charge in [-0.3, -0.25) is 4.79 Å². The highest BCUT2D eigenvalue weighted by Crippen LogP contribution is 2.28. The lowest BCUT2D eigenvalue weighted by Gasteiger charge is -2.11. The highest BCUT2D eigenvalue weighted by Gasteiger charge is 2.27. The van der Waals surface area contributed by atoms with Gasteiger partial charge in [-0.05, 0) is 23.8 Å². The maximum Gasteiger partial charge on any atom is 0.405 e. The summed E-state index contributed by atoms with van der Waals surface area (Å²) in [4.78, 5) is 15.9. The highest BCUT2D eigenvalue weighted by molar-refractivity contribution is 5.81. The van der Waals surface area contributed by atoms with E-state index in [-0.39, 0.29) is 0 Å². The van der Waals surface area contributed by atoms with Crippen LogP contribution in [-0.4, -0.2) is 38.6 Å². The van der Waals surface area contributed by atoms with Crippen molar-refractivity contribution in [2.24, 2.45) is 5.16 Å². The van der Waals surface area contributed by atoms with Crippen LogP contribution in [0.4, 0.5) is 13.2 Å². The average Bonchev–Trinajstić information content (AvgIpc) is 2.68. The van der Waals surface area contributed by atoms with Gasteiger partial charge >= 0.3 is 6.18 Å². The molecule has 2 aromatic carbocycles. The summed E-state index contributed by atoms with van der Waals surface area (Å²) < 4.78 is 46.9. The van der Waals surface area contributed by atoms with E-state index in [1.807, 2.05) is 30.3 Å². The van der Waals surface area contributed by atoms with Crippen LogP contribution in [0, 0.1) is 0 Å². The molecule has 0 spiro atoms. The molecule has 0 bridgehead atoms. The number of carbonyl (C=O) groups is 1. The van der Waals surface area contributed by atoms with Gasteiger partial charge < -0.3 is 19.6 Å². The molecule has 0 heterocycles. The number of carbonyl (C=O) groups excluding carboxylic acids is 1. The van der Waals surface area contributed by atoms with Crippen LogP contribution in [0.15, 0.2) is 53.7 Å². The van der Waals surface area contributed by atoms with E-state index in [4.69, 9.17) is 14.3 Å². The second kappa shape index (κ2) is 10.2. The van der Waals surface area contributed by atoms with Crippen molar-refractivity contribution < 1.29 is 32.3 Å². The maximum absolute atomic E-state index is 12.0. The van der Waals surface area contributed by atoms with E-state index in [1.165, 1.54) is 13.3 Å². The van der Waals surface area contributed by atoms with E-state index in [0.717, 1.165) is 5.56 Å². The lowest BCUT2D eigenvalue weighted by molar-refractivity contribution is -0.141. The van der Waals surface area contributed by atoms with Gasteiger partial charge in [-0.1, -0.05) is 35.5 Å². The number of alkyl halides is 3. The number of hydrogen-bond donors (Lipinski definition) is 1. The Morgan fingerprint density at radius 3 is 2.57 bits per heavy atom. The minimum absolute atomic E-state index is 0.376. The molecule has 6 nitrogen and oxygen atoms in total. The second-order valence-electron chi connectivity index (χ2n) is 5.58. The van der Waals surface area contributed by atoms with Crippen molar-refractivity contribution in [2.45, 2.75) is 12.8 Å². The Hall–Kier alpha value is -3.23. The molecule has 150 valence electrons. The Morgan fingerprint density at radius 1 is 1.14 bits per heavy atom. The molecule has 0 atom stereocenters. The molecule has 0 unspecified atom stereocenters. The molecule has 2 aromatic rings. The minimum atomic E-state index is -4.47. The van der Waals surface area contributed by atoms with Crippen LogP contribution in [0.5, 0.6) is 11.5 Å². The predicted octanol–water partition coefficient (Wildman–Crippen LogP) is 3.30. The minimum Gasteiger partial charge on any atom is -0.493 e. The van der Waals surface area contributed by atoms with Crippen molar-refractivity contribution in [1.82, 2.24) is 5.32 Å². The summed E-state index contributed by atoms with van der Waals surface area (Å²) in [5.41, 5.74) is 1.60. The molecule has 0 saturated carbocycles. The zero-order chi connectivity index (χ0) is 20.4. The Labute approximate surface area is 159 Å². The standard InChI is InChI=1S/C19H19F3N2O4/c1-26-17-9-15(10-24-28-12-18(25)23-13-19(20,21)22)7-8-16(17)27-11-14-5-3-2-4-6-14/h2-10H,11-13H2,1H3,(H,23,25)/b24-10+. The molecule has 0 aromatic heterocycles.